The number of nitrogens with one attached hydrogen (secondary N) is 4. The van der Waals surface area contributed by atoms with Gasteiger partial charge in [0.25, 0.3) is 0 Å². The predicted molar refractivity (Wildman–Crippen MR) is 142 cm³/mol. The standard InChI is InChI=1S/C25H31N7O5S/c26-17(12-38)22(33)30-19(8-14-10-28-18-5-2-1-4-16(14)18)24(35)32-7-3-6-21(32)23(34)31-20(25(36)37)9-15-11-27-13-29-15/h1-2,4-5,10-11,13,17,19-21,28,38H,3,6-9,12,26H2,(H,27,29)(H,30,33)(H,31,34)(H,36,37). The first kappa shape index (κ1) is 27.2. The second-order valence-electron chi connectivity index (χ2n) is 9.28. The highest BCUT2D eigenvalue weighted by Crippen LogP contribution is 2.23. The molecule has 3 amide bonds. The lowest BCUT2D eigenvalue weighted by Gasteiger charge is -2.30. The van der Waals surface area contributed by atoms with Gasteiger partial charge in [-0.2, -0.15) is 12.6 Å². The van der Waals surface area contributed by atoms with Crippen molar-refractivity contribution in [3.05, 3.63) is 54.2 Å². The normalized spacial score (nSPS) is 17.6. The van der Waals surface area contributed by atoms with Gasteiger partial charge in [0.05, 0.1) is 12.4 Å². The number of rotatable bonds is 11. The first-order valence-corrected chi connectivity index (χ1v) is 12.9. The van der Waals surface area contributed by atoms with E-state index >= 15 is 0 Å². The van der Waals surface area contributed by atoms with Crippen LogP contribution in [-0.4, -0.2) is 85.1 Å². The molecule has 4 rings (SSSR count). The second-order valence-corrected chi connectivity index (χ2v) is 9.65. The molecule has 0 saturated carbocycles. The number of nitrogens with two attached hydrogens (primary N) is 1. The smallest absolute Gasteiger partial charge is 0.326 e. The van der Waals surface area contributed by atoms with Gasteiger partial charge < -0.3 is 36.3 Å². The van der Waals surface area contributed by atoms with E-state index in [1.165, 1.54) is 17.4 Å². The number of carbonyl (C=O) groups excluding carboxylic acids is 3. The molecule has 0 aliphatic carbocycles. The highest BCUT2D eigenvalue weighted by Gasteiger charge is 2.39. The van der Waals surface area contributed by atoms with Crippen molar-refractivity contribution in [2.24, 2.45) is 5.73 Å². The van der Waals surface area contributed by atoms with Crippen molar-refractivity contribution in [3.8, 4) is 0 Å². The van der Waals surface area contributed by atoms with Gasteiger partial charge in [-0.1, -0.05) is 18.2 Å². The average molecular weight is 542 g/mol. The number of carboxylic acid groups (broad SMARTS) is 1. The van der Waals surface area contributed by atoms with E-state index in [1.54, 1.807) is 6.20 Å². The number of aliphatic carboxylic acids is 1. The molecule has 4 unspecified atom stereocenters. The zero-order valence-electron chi connectivity index (χ0n) is 20.6. The van der Waals surface area contributed by atoms with E-state index in [-0.39, 0.29) is 18.6 Å². The van der Waals surface area contributed by atoms with Crippen LogP contribution in [-0.2, 0) is 32.0 Å². The Morgan fingerprint density at radius 3 is 2.66 bits per heavy atom. The van der Waals surface area contributed by atoms with Gasteiger partial charge in [0.1, 0.15) is 18.1 Å². The number of imidazole rings is 1. The van der Waals surface area contributed by atoms with E-state index < -0.39 is 47.9 Å². The number of benzene rings is 1. The zero-order chi connectivity index (χ0) is 27.2. The summed E-state index contributed by atoms with van der Waals surface area (Å²) in [7, 11) is 0. The maximum atomic E-state index is 13.8. The number of nitrogens with zero attached hydrogens (tertiary/aromatic N) is 2. The molecule has 0 radical (unpaired) electrons. The summed E-state index contributed by atoms with van der Waals surface area (Å²) in [5.74, 6) is -2.63. The maximum absolute atomic E-state index is 13.8. The van der Waals surface area contributed by atoms with Gasteiger partial charge in [-0.25, -0.2) is 9.78 Å². The number of likely N-dealkylation sites (tertiary alicyclic amines) is 1. The van der Waals surface area contributed by atoms with Crippen LogP contribution in [0.15, 0.2) is 43.0 Å². The van der Waals surface area contributed by atoms with Gasteiger partial charge >= 0.3 is 5.97 Å². The molecule has 202 valence electrons. The minimum absolute atomic E-state index is 0.0165. The molecule has 3 heterocycles. The van der Waals surface area contributed by atoms with Crippen LogP contribution < -0.4 is 16.4 Å². The van der Waals surface area contributed by atoms with E-state index in [1.807, 2.05) is 24.3 Å². The fraction of sp³-hybridized carbons (Fsp3) is 0.400. The number of H-pyrrole nitrogens is 2. The lowest BCUT2D eigenvalue weighted by molar-refractivity contribution is -0.144. The molecule has 1 fully saturated rings. The van der Waals surface area contributed by atoms with Crippen molar-refractivity contribution >= 4 is 47.2 Å². The van der Waals surface area contributed by atoms with Crippen LogP contribution in [0.4, 0.5) is 0 Å². The Labute approximate surface area is 224 Å². The van der Waals surface area contributed by atoms with E-state index in [0.29, 0.717) is 25.1 Å². The van der Waals surface area contributed by atoms with Crippen LogP contribution in [0.1, 0.15) is 24.1 Å². The Morgan fingerprint density at radius 1 is 1.16 bits per heavy atom. The van der Waals surface area contributed by atoms with Gasteiger partial charge in [-0.05, 0) is 24.5 Å². The number of hydrogen-bond acceptors (Lipinski definition) is 7. The minimum atomic E-state index is -1.20. The molecule has 2 aromatic heterocycles. The van der Waals surface area contributed by atoms with Crippen molar-refractivity contribution in [3.63, 3.8) is 0 Å². The van der Waals surface area contributed by atoms with Gasteiger partial charge in [0.15, 0.2) is 0 Å². The van der Waals surface area contributed by atoms with Crippen molar-refractivity contribution in [2.75, 3.05) is 12.3 Å². The van der Waals surface area contributed by atoms with Crippen LogP contribution in [0.25, 0.3) is 10.9 Å². The van der Waals surface area contributed by atoms with Crippen molar-refractivity contribution < 1.29 is 24.3 Å². The number of aromatic amines is 2. The van der Waals surface area contributed by atoms with Gasteiger partial charge in [-0.15, -0.1) is 0 Å². The van der Waals surface area contributed by atoms with Crippen LogP contribution >= 0.6 is 12.6 Å². The largest absolute Gasteiger partial charge is 0.480 e. The Morgan fingerprint density at radius 2 is 1.95 bits per heavy atom. The molecule has 1 saturated heterocycles. The number of amides is 3. The third-order valence-electron chi connectivity index (χ3n) is 6.68. The number of hydrogen-bond donors (Lipinski definition) is 7. The number of fused-ring (bicyclic) bond motifs is 1. The summed E-state index contributed by atoms with van der Waals surface area (Å²) in [6.45, 7) is 0.300. The highest BCUT2D eigenvalue weighted by molar-refractivity contribution is 7.80. The van der Waals surface area contributed by atoms with E-state index in [9.17, 15) is 24.3 Å². The lowest BCUT2D eigenvalue weighted by atomic mass is 10.0. The Kier molecular flexibility index (Phi) is 8.69. The monoisotopic (exact) mass is 541 g/mol. The number of thiol groups is 1. The molecule has 12 nitrogen and oxygen atoms in total. The fourth-order valence-corrected chi connectivity index (χ4v) is 4.84. The van der Waals surface area contributed by atoms with Gasteiger partial charge in [0.2, 0.25) is 17.7 Å². The SMILES string of the molecule is NC(CS)C(=O)NC(Cc1c[nH]c2ccccc12)C(=O)N1CCCC1C(=O)NC(Cc1cnc[nH]1)C(=O)O. The summed E-state index contributed by atoms with van der Waals surface area (Å²) in [6, 6.07) is 3.64. The number of carboxylic acids is 1. The summed E-state index contributed by atoms with van der Waals surface area (Å²) < 4.78 is 0. The molecule has 1 aliphatic heterocycles. The highest BCUT2D eigenvalue weighted by atomic mass is 32.1. The average Bonchev–Trinajstić information content (AvgIpc) is 3.68. The van der Waals surface area contributed by atoms with Crippen LogP contribution in [0.2, 0.25) is 0 Å². The summed E-state index contributed by atoms with van der Waals surface area (Å²) in [4.78, 5) is 62.7. The van der Waals surface area contributed by atoms with Crippen molar-refractivity contribution in [1.29, 1.82) is 0 Å². The maximum Gasteiger partial charge on any atom is 0.326 e. The fourth-order valence-electron chi connectivity index (χ4n) is 4.67. The Balaban J connectivity index is 1.53. The second kappa shape index (κ2) is 12.1. The Bertz CT molecular complexity index is 1290. The third kappa shape index (κ3) is 6.17. The first-order valence-electron chi connectivity index (χ1n) is 12.3. The quantitative estimate of drug-likeness (QED) is 0.166. The number of carbonyl (C=O) groups is 4. The first-order chi connectivity index (χ1) is 18.3. The summed E-state index contributed by atoms with van der Waals surface area (Å²) in [6.07, 6.45) is 5.83. The molecule has 0 spiro atoms. The molecule has 4 atom stereocenters. The topological polar surface area (TPSA) is 186 Å². The summed E-state index contributed by atoms with van der Waals surface area (Å²) in [5, 5.41) is 15.8. The molecule has 13 heteroatoms. The van der Waals surface area contributed by atoms with Crippen molar-refractivity contribution in [2.45, 2.75) is 49.9 Å². The number of para-hydroxylation sites is 1. The summed E-state index contributed by atoms with van der Waals surface area (Å²) in [5.41, 5.74) is 8.12. The third-order valence-corrected chi connectivity index (χ3v) is 7.07. The van der Waals surface area contributed by atoms with E-state index in [2.05, 4.69) is 38.2 Å². The zero-order valence-corrected chi connectivity index (χ0v) is 21.5. The molecule has 1 aliphatic rings. The van der Waals surface area contributed by atoms with Crippen LogP contribution in [0.3, 0.4) is 0 Å². The van der Waals surface area contributed by atoms with E-state index in [0.717, 1.165) is 16.5 Å². The van der Waals surface area contributed by atoms with E-state index in [4.69, 9.17) is 5.73 Å². The molecular weight excluding hydrogens is 510 g/mol. The number of aromatic nitrogens is 3. The molecule has 38 heavy (non-hydrogen) atoms. The minimum Gasteiger partial charge on any atom is -0.480 e. The van der Waals surface area contributed by atoms with Crippen LogP contribution in [0, 0.1) is 0 Å². The Hall–Kier alpha value is -3.84. The lowest BCUT2D eigenvalue weighted by Crippen LogP contribution is -2.57. The molecular formula is C25H31N7O5S. The molecule has 0 bridgehead atoms. The van der Waals surface area contributed by atoms with Crippen molar-refractivity contribution in [1.82, 2.24) is 30.5 Å². The molecule has 7 N–H and O–H groups in total. The summed E-state index contributed by atoms with van der Waals surface area (Å²) >= 11 is 4.08. The van der Waals surface area contributed by atoms with Crippen LogP contribution in [0.5, 0.6) is 0 Å². The van der Waals surface area contributed by atoms with Gasteiger partial charge in [0, 0.05) is 54.1 Å². The molecule has 1 aromatic carbocycles. The predicted octanol–water partition coefficient (Wildman–Crippen LogP) is -0.0215. The molecule has 3 aromatic rings. The van der Waals surface area contributed by atoms with Gasteiger partial charge in [-0.3, -0.25) is 14.4 Å².